The number of nitrogens with one attached hydrogen (secondary N) is 2. The number of benzene rings is 1. The zero-order chi connectivity index (χ0) is 20.3. The number of aromatic nitrogens is 2. The highest BCUT2D eigenvalue weighted by Gasteiger charge is 2.21. The van der Waals surface area contributed by atoms with Gasteiger partial charge in [0.25, 0.3) is 11.6 Å². The lowest BCUT2D eigenvalue weighted by atomic mass is 9.97. The maximum absolute atomic E-state index is 12.5. The van der Waals surface area contributed by atoms with Crippen molar-refractivity contribution in [2.75, 3.05) is 11.6 Å². The minimum absolute atomic E-state index is 0.117. The summed E-state index contributed by atoms with van der Waals surface area (Å²) in [5.41, 5.74) is 0.371. The van der Waals surface area contributed by atoms with E-state index in [0.29, 0.717) is 11.7 Å². The zero-order valence-corrected chi connectivity index (χ0v) is 16.3. The number of sulfone groups is 1. The molecule has 1 aliphatic rings. The molecule has 0 bridgehead atoms. The second kappa shape index (κ2) is 8.09. The number of nitrogens with zero attached hydrogens (tertiary/aromatic N) is 2. The maximum atomic E-state index is 12.5. The molecule has 1 saturated carbocycles. The molecule has 0 saturated heterocycles. The second-order valence-electron chi connectivity index (χ2n) is 7.10. The fraction of sp³-hybridized carbons (Fsp3) is 0.444. The van der Waals surface area contributed by atoms with Gasteiger partial charge in [-0.3, -0.25) is 20.0 Å². The SMILES string of the molecule is CS(=O)(=O)c1cc(C(=O)Nc2cc(C3CCCCCC3)[nH]n2)cc([N+](=O)[O-])c1. The molecule has 2 N–H and O–H groups in total. The highest BCUT2D eigenvalue weighted by Crippen LogP contribution is 2.31. The number of hydrogen-bond acceptors (Lipinski definition) is 6. The minimum Gasteiger partial charge on any atom is -0.305 e. The Balaban J connectivity index is 1.81. The van der Waals surface area contributed by atoms with Gasteiger partial charge in [-0.1, -0.05) is 25.7 Å². The van der Waals surface area contributed by atoms with Crippen LogP contribution in [0.2, 0.25) is 0 Å². The van der Waals surface area contributed by atoms with Gasteiger partial charge in [-0.2, -0.15) is 5.10 Å². The summed E-state index contributed by atoms with van der Waals surface area (Å²) in [6.45, 7) is 0. The van der Waals surface area contributed by atoms with E-state index in [-0.39, 0.29) is 10.5 Å². The number of nitro benzene ring substituents is 1. The molecule has 0 spiro atoms. The van der Waals surface area contributed by atoms with Gasteiger partial charge in [-0.15, -0.1) is 0 Å². The van der Waals surface area contributed by atoms with Gasteiger partial charge in [0.2, 0.25) is 0 Å². The first-order valence-electron chi connectivity index (χ1n) is 9.10. The van der Waals surface area contributed by atoms with Crippen molar-refractivity contribution >= 4 is 27.2 Å². The van der Waals surface area contributed by atoms with Crippen LogP contribution in [0.5, 0.6) is 0 Å². The molecule has 10 heteroatoms. The van der Waals surface area contributed by atoms with Crippen molar-refractivity contribution in [1.82, 2.24) is 10.2 Å². The average Bonchev–Trinajstić information content (AvgIpc) is 2.93. The molecule has 1 heterocycles. The van der Waals surface area contributed by atoms with Crippen LogP contribution in [0.15, 0.2) is 29.2 Å². The average molecular weight is 406 g/mol. The van der Waals surface area contributed by atoms with E-state index in [0.717, 1.165) is 55.8 Å². The third-order valence-corrected chi connectivity index (χ3v) is 6.02. The smallest absolute Gasteiger partial charge is 0.271 e. The Morgan fingerprint density at radius 1 is 1.18 bits per heavy atom. The summed E-state index contributed by atoms with van der Waals surface area (Å²) < 4.78 is 23.6. The summed E-state index contributed by atoms with van der Waals surface area (Å²) in [4.78, 5) is 22.6. The Morgan fingerprint density at radius 3 is 2.46 bits per heavy atom. The summed E-state index contributed by atoms with van der Waals surface area (Å²) in [6.07, 6.45) is 7.84. The van der Waals surface area contributed by atoms with E-state index in [2.05, 4.69) is 15.5 Å². The molecule has 9 nitrogen and oxygen atoms in total. The summed E-state index contributed by atoms with van der Waals surface area (Å²) in [5, 5.41) is 20.7. The Bertz CT molecular complexity index is 991. The molecule has 0 atom stereocenters. The van der Waals surface area contributed by atoms with Crippen LogP contribution >= 0.6 is 0 Å². The number of carbonyl (C=O) groups is 1. The van der Waals surface area contributed by atoms with Gasteiger partial charge in [0, 0.05) is 41.6 Å². The lowest BCUT2D eigenvalue weighted by molar-refractivity contribution is -0.385. The lowest BCUT2D eigenvalue weighted by Crippen LogP contribution is -2.13. The van der Waals surface area contributed by atoms with E-state index in [1.54, 1.807) is 6.07 Å². The van der Waals surface area contributed by atoms with Gasteiger partial charge in [0.05, 0.1) is 9.82 Å². The molecule has 0 radical (unpaired) electrons. The molecular formula is C18H22N4O5S. The van der Waals surface area contributed by atoms with Crippen molar-refractivity contribution in [1.29, 1.82) is 0 Å². The number of aromatic amines is 1. The van der Waals surface area contributed by atoms with Crippen molar-refractivity contribution in [3.8, 4) is 0 Å². The van der Waals surface area contributed by atoms with Crippen LogP contribution in [0.1, 0.15) is 60.5 Å². The van der Waals surface area contributed by atoms with E-state index in [4.69, 9.17) is 0 Å². The molecular weight excluding hydrogens is 384 g/mol. The van der Waals surface area contributed by atoms with Crippen LogP contribution in [-0.2, 0) is 9.84 Å². The fourth-order valence-electron chi connectivity index (χ4n) is 3.42. The predicted octanol–water partition coefficient (Wildman–Crippen LogP) is 3.41. The molecule has 0 aliphatic heterocycles. The number of H-pyrrole nitrogens is 1. The molecule has 1 fully saturated rings. The number of non-ortho nitro benzene ring substituents is 1. The first-order chi connectivity index (χ1) is 13.2. The second-order valence-corrected chi connectivity index (χ2v) is 9.11. The molecule has 28 heavy (non-hydrogen) atoms. The molecule has 3 rings (SSSR count). The van der Waals surface area contributed by atoms with Crippen molar-refractivity contribution in [3.05, 3.63) is 45.6 Å². The molecule has 1 aromatic carbocycles. The minimum atomic E-state index is -3.71. The standard InChI is InChI=1S/C18H22N4O5S/c1-28(26,27)15-9-13(8-14(10-15)22(24)25)18(23)19-17-11-16(20-21-17)12-6-4-2-3-5-7-12/h8-12H,2-7H2,1H3,(H2,19,20,21,23). The van der Waals surface area contributed by atoms with Crippen molar-refractivity contribution in [3.63, 3.8) is 0 Å². The van der Waals surface area contributed by atoms with Gasteiger partial charge in [-0.25, -0.2) is 8.42 Å². The van der Waals surface area contributed by atoms with E-state index >= 15 is 0 Å². The first kappa shape index (κ1) is 20.0. The molecule has 2 aromatic rings. The summed E-state index contributed by atoms with van der Waals surface area (Å²) in [5.74, 6) is 0.0134. The molecule has 1 aliphatic carbocycles. The Hall–Kier alpha value is -2.75. The summed E-state index contributed by atoms with van der Waals surface area (Å²) in [6, 6.07) is 4.87. The topological polar surface area (TPSA) is 135 Å². The Morgan fingerprint density at radius 2 is 1.86 bits per heavy atom. The molecule has 1 aromatic heterocycles. The summed E-state index contributed by atoms with van der Waals surface area (Å²) in [7, 11) is -3.71. The fourth-order valence-corrected chi connectivity index (χ4v) is 4.10. The van der Waals surface area contributed by atoms with Crippen molar-refractivity contribution < 1.29 is 18.1 Å². The number of hydrogen-bond donors (Lipinski definition) is 2. The van der Waals surface area contributed by atoms with Crippen LogP contribution in [0, 0.1) is 10.1 Å². The van der Waals surface area contributed by atoms with Crippen LogP contribution < -0.4 is 5.32 Å². The van der Waals surface area contributed by atoms with Crippen molar-refractivity contribution in [2.45, 2.75) is 49.3 Å². The molecule has 1 amide bonds. The van der Waals surface area contributed by atoms with Gasteiger partial charge < -0.3 is 5.32 Å². The van der Waals surface area contributed by atoms with Gasteiger partial charge in [-0.05, 0) is 18.9 Å². The lowest BCUT2D eigenvalue weighted by Gasteiger charge is -2.10. The maximum Gasteiger partial charge on any atom is 0.271 e. The van der Waals surface area contributed by atoms with Crippen LogP contribution in [0.4, 0.5) is 11.5 Å². The number of carbonyl (C=O) groups excluding carboxylic acids is 1. The predicted molar refractivity (Wildman–Crippen MR) is 103 cm³/mol. The van der Waals surface area contributed by atoms with E-state index in [1.807, 2.05) is 0 Å². The van der Waals surface area contributed by atoms with E-state index < -0.39 is 26.4 Å². The normalized spacial score (nSPS) is 15.8. The highest BCUT2D eigenvalue weighted by atomic mass is 32.2. The summed E-state index contributed by atoms with van der Waals surface area (Å²) >= 11 is 0. The number of amides is 1. The van der Waals surface area contributed by atoms with Gasteiger partial charge >= 0.3 is 0 Å². The third kappa shape index (κ3) is 4.75. The number of rotatable bonds is 5. The first-order valence-corrected chi connectivity index (χ1v) is 11.0. The monoisotopic (exact) mass is 406 g/mol. The van der Waals surface area contributed by atoms with E-state index in [1.165, 1.54) is 12.8 Å². The van der Waals surface area contributed by atoms with Crippen molar-refractivity contribution in [2.24, 2.45) is 0 Å². The highest BCUT2D eigenvalue weighted by molar-refractivity contribution is 7.90. The number of nitro groups is 1. The van der Waals surface area contributed by atoms with Crippen LogP contribution in [-0.4, -0.2) is 35.7 Å². The van der Waals surface area contributed by atoms with Gasteiger partial charge in [0.15, 0.2) is 15.7 Å². The molecule has 150 valence electrons. The Labute approximate surface area is 162 Å². The Kier molecular flexibility index (Phi) is 5.78. The number of anilines is 1. The third-order valence-electron chi connectivity index (χ3n) is 4.93. The quantitative estimate of drug-likeness (QED) is 0.444. The van der Waals surface area contributed by atoms with Gasteiger partial charge in [0.1, 0.15) is 0 Å². The van der Waals surface area contributed by atoms with Crippen LogP contribution in [0.25, 0.3) is 0 Å². The zero-order valence-electron chi connectivity index (χ0n) is 15.5. The largest absolute Gasteiger partial charge is 0.305 e. The van der Waals surface area contributed by atoms with E-state index in [9.17, 15) is 23.3 Å². The molecule has 0 unspecified atom stereocenters. The van der Waals surface area contributed by atoms with Crippen LogP contribution in [0.3, 0.4) is 0 Å².